The molecule has 0 N–H and O–H groups in total. The Morgan fingerprint density at radius 2 is 1.87 bits per heavy atom. The first-order valence-corrected chi connectivity index (χ1v) is 11.4. The number of thiazole rings is 1. The van der Waals surface area contributed by atoms with Crippen LogP contribution in [0.25, 0.3) is 11.3 Å². The van der Waals surface area contributed by atoms with Crippen molar-refractivity contribution in [2.75, 3.05) is 13.1 Å². The summed E-state index contributed by atoms with van der Waals surface area (Å²) in [5.41, 5.74) is 2.60. The molecule has 0 saturated carbocycles. The van der Waals surface area contributed by atoms with E-state index < -0.39 is 0 Å². The Morgan fingerprint density at radius 1 is 1.07 bits per heavy atom. The molecule has 2 aromatic carbocycles. The first-order valence-electron chi connectivity index (χ1n) is 9.73. The zero-order chi connectivity index (χ0) is 21.1. The van der Waals surface area contributed by atoms with Gasteiger partial charge < -0.3 is 9.47 Å². The van der Waals surface area contributed by atoms with Crippen LogP contribution in [0.4, 0.5) is 10.1 Å². The molecule has 2 heterocycles. The highest BCUT2D eigenvalue weighted by molar-refractivity contribution is 7.07. The van der Waals surface area contributed by atoms with E-state index in [9.17, 15) is 9.18 Å². The van der Waals surface area contributed by atoms with E-state index in [0.717, 1.165) is 42.0 Å². The summed E-state index contributed by atoms with van der Waals surface area (Å²) < 4.78 is 15.4. The molecule has 1 aliphatic rings. The summed E-state index contributed by atoms with van der Waals surface area (Å²) in [6, 6.07) is 11.7. The average Bonchev–Trinajstić information content (AvgIpc) is 3.32. The molecule has 1 aromatic heterocycles. The largest absolute Gasteiger partial charge is 0.343 e. The Labute approximate surface area is 188 Å². The Kier molecular flexibility index (Phi) is 6.56. The molecule has 0 unspecified atom stereocenters. The predicted octanol–water partition coefficient (Wildman–Crippen LogP) is 5.91. The maximum Gasteiger partial charge on any atom is 0.222 e. The molecule has 1 saturated heterocycles. The van der Waals surface area contributed by atoms with E-state index in [-0.39, 0.29) is 11.7 Å². The SMILES string of the molecule is O=C1CCCN1CCCn1c(-c2ccc(Cl)c(Cl)c2)csc1=Nc1ccc(F)cc1. The molecule has 0 spiro atoms. The van der Waals surface area contributed by atoms with Gasteiger partial charge in [0.05, 0.1) is 21.4 Å². The van der Waals surface area contributed by atoms with Crippen LogP contribution in [0.15, 0.2) is 52.8 Å². The van der Waals surface area contributed by atoms with Gasteiger partial charge in [0.2, 0.25) is 5.91 Å². The zero-order valence-electron chi connectivity index (χ0n) is 16.2. The number of carbonyl (C=O) groups excluding carboxylic acids is 1. The zero-order valence-corrected chi connectivity index (χ0v) is 18.5. The number of halogens is 3. The van der Waals surface area contributed by atoms with Crippen LogP contribution in [0.5, 0.6) is 0 Å². The minimum Gasteiger partial charge on any atom is -0.343 e. The van der Waals surface area contributed by atoms with Crippen LogP contribution in [0.2, 0.25) is 10.0 Å². The molecule has 1 amide bonds. The van der Waals surface area contributed by atoms with Crippen LogP contribution in [0.3, 0.4) is 0 Å². The van der Waals surface area contributed by atoms with Crippen molar-refractivity contribution < 1.29 is 9.18 Å². The number of nitrogens with zero attached hydrogens (tertiary/aromatic N) is 3. The molecule has 3 aromatic rings. The maximum atomic E-state index is 13.2. The Hall–Kier alpha value is -2.15. The maximum absolute atomic E-state index is 13.2. The smallest absolute Gasteiger partial charge is 0.222 e. The number of rotatable bonds is 6. The Balaban J connectivity index is 1.67. The average molecular weight is 464 g/mol. The minimum atomic E-state index is -0.292. The number of hydrogen-bond donors (Lipinski definition) is 0. The molecule has 1 fully saturated rings. The highest BCUT2D eigenvalue weighted by atomic mass is 35.5. The van der Waals surface area contributed by atoms with E-state index >= 15 is 0 Å². The molecular formula is C22H20Cl2FN3OS. The summed E-state index contributed by atoms with van der Waals surface area (Å²) in [5, 5.41) is 3.03. The summed E-state index contributed by atoms with van der Waals surface area (Å²) in [6.45, 7) is 2.25. The van der Waals surface area contributed by atoms with E-state index in [0.29, 0.717) is 28.7 Å². The van der Waals surface area contributed by atoms with Gasteiger partial charge in [-0.3, -0.25) is 4.79 Å². The number of benzene rings is 2. The third-order valence-corrected chi connectivity index (χ3v) is 6.65. The van der Waals surface area contributed by atoms with Gasteiger partial charge in [-0.1, -0.05) is 29.3 Å². The van der Waals surface area contributed by atoms with Gasteiger partial charge in [-0.25, -0.2) is 9.38 Å². The lowest BCUT2D eigenvalue weighted by Gasteiger charge is -2.16. The van der Waals surface area contributed by atoms with E-state index in [4.69, 9.17) is 28.2 Å². The van der Waals surface area contributed by atoms with Crippen molar-refractivity contribution in [3.8, 4) is 11.3 Å². The molecule has 156 valence electrons. The molecule has 30 heavy (non-hydrogen) atoms. The molecule has 4 rings (SSSR count). The van der Waals surface area contributed by atoms with E-state index in [1.807, 2.05) is 22.4 Å². The van der Waals surface area contributed by atoms with Crippen LogP contribution in [0, 0.1) is 5.82 Å². The summed E-state index contributed by atoms with van der Waals surface area (Å²) in [5.74, 6) is -0.0639. The van der Waals surface area contributed by atoms with Crippen LogP contribution >= 0.6 is 34.5 Å². The molecule has 1 aliphatic heterocycles. The first-order chi connectivity index (χ1) is 14.5. The Bertz CT molecular complexity index is 1120. The van der Waals surface area contributed by atoms with Gasteiger partial charge in [0.25, 0.3) is 0 Å². The highest BCUT2D eigenvalue weighted by Gasteiger charge is 2.19. The molecule has 0 atom stereocenters. The van der Waals surface area contributed by atoms with Crippen molar-refractivity contribution >= 4 is 46.1 Å². The lowest BCUT2D eigenvalue weighted by atomic mass is 10.1. The van der Waals surface area contributed by atoms with Crippen molar-refractivity contribution in [2.45, 2.75) is 25.8 Å². The van der Waals surface area contributed by atoms with Gasteiger partial charge in [0.15, 0.2) is 4.80 Å². The van der Waals surface area contributed by atoms with Crippen LogP contribution in [-0.4, -0.2) is 28.5 Å². The monoisotopic (exact) mass is 463 g/mol. The fourth-order valence-electron chi connectivity index (χ4n) is 3.51. The summed E-state index contributed by atoms with van der Waals surface area (Å²) in [7, 11) is 0. The Morgan fingerprint density at radius 3 is 2.57 bits per heavy atom. The van der Waals surface area contributed by atoms with Gasteiger partial charge in [-0.2, -0.15) is 0 Å². The number of aromatic nitrogens is 1. The molecular weight excluding hydrogens is 444 g/mol. The summed E-state index contributed by atoms with van der Waals surface area (Å²) in [6.07, 6.45) is 2.39. The normalized spacial score (nSPS) is 14.7. The van der Waals surface area contributed by atoms with Crippen molar-refractivity contribution in [1.82, 2.24) is 9.47 Å². The third kappa shape index (κ3) is 4.77. The van der Waals surface area contributed by atoms with Crippen molar-refractivity contribution in [3.63, 3.8) is 0 Å². The van der Waals surface area contributed by atoms with E-state index in [2.05, 4.69) is 4.57 Å². The van der Waals surface area contributed by atoms with Crippen LogP contribution < -0.4 is 4.80 Å². The highest BCUT2D eigenvalue weighted by Crippen LogP contribution is 2.29. The molecule has 0 bridgehead atoms. The van der Waals surface area contributed by atoms with Crippen LogP contribution in [-0.2, 0) is 11.3 Å². The van der Waals surface area contributed by atoms with Crippen molar-refractivity contribution in [1.29, 1.82) is 0 Å². The number of carbonyl (C=O) groups is 1. The molecule has 0 radical (unpaired) electrons. The van der Waals surface area contributed by atoms with E-state index in [1.165, 1.54) is 23.5 Å². The lowest BCUT2D eigenvalue weighted by Crippen LogP contribution is -2.27. The van der Waals surface area contributed by atoms with Gasteiger partial charge in [0, 0.05) is 37.0 Å². The number of hydrogen-bond acceptors (Lipinski definition) is 3. The molecule has 4 nitrogen and oxygen atoms in total. The number of amides is 1. The third-order valence-electron chi connectivity index (χ3n) is 5.05. The second-order valence-corrected chi connectivity index (χ2v) is 8.76. The molecule has 8 heteroatoms. The number of likely N-dealkylation sites (tertiary alicyclic amines) is 1. The first kappa shape index (κ1) is 21.1. The fraction of sp³-hybridized carbons (Fsp3) is 0.273. The minimum absolute atomic E-state index is 0.228. The predicted molar refractivity (Wildman–Crippen MR) is 120 cm³/mol. The van der Waals surface area contributed by atoms with Gasteiger partial charge in [0.1, 0.15) is 5.82 Å². The second kappa shape index (κ2) is 9.33. The van der Waals surface area contributed by atoms with Crippen molar-refractivity contribution in [3.05, 3.63) is 68.5 Å². The summed E-state index contributed by atoms with van der Waals surface area (Å²) >= 11 is 13.8. The fourth-order valence-corrected chi connectivity index (χ4v) is 4.76. The quantitative estimate of drug-likeness (QED) is 0.447. The second-order valence-electron chi connectivity index (χ2n) is 7.11. The summed E-state index contributed by atoms with van der Waals surface area (Å²) in [4.78, 5) is 19.3. The van der Waals surface area contributed by atoms with E-state index in [1.54, 1.807) is 18.2 Å². The van der Waals surface area contributed by atoms with Gasteiger partial charge in [-0.05, 0) is 49.2 Å². The molecule has 0 aliphatic carbocycles. The topological polar surface area (TPSA) is 37.6 Å². The van der Waals surface area contributed by atoms with Gasteiger partial charge in [-0.15, -0.1) is 11.3 Å². The van der Waals surface area contributed by atoms with Crippen molar-refractivity contribution in [2.24, 2.45) is 4.99 Å². The lowest BCUT2D eigenvalue weighted by molar-refractivity contribution is -0.127. The standard InChI is InChI=1S/C22H20Cl2FN3OS/c23-18-9-4-15(13-19(18)24)20-14-30-22(26-17-7-5-16(25)6-8-17)28(20)12-2-11-27-10-1-3-21(27)29/h4-9,13-14H,1-3,10-12H2. The van der Waals surface area contributed by atoms with Crippen LogP contribution in [0.1, 0.15) is 19.3 Å². The van der Waals surface area contributed by atoms with Gasteiger partial charge >= 0.3 is 0 Å².